The second kappa shape index (κ2) is 8.34. The van der Waals surface area contributed by atoms with Gasteiger partial charge in [0.15, 0.2) is 0 Å². The van der Waals surface area contributed by atoms with E-state index in [0.29, 0.717) is 13.0 Å². The summed E-state index contributed by atoms with van der Waals surface area (Å²) in [5.74, 6) is -0.00704. The summed E-state index contributed by atoms with van der Waals surface area (Å²) >= 11 is 0. The van der Waals surface area contributed by atoms with Gasteiger partial charge in [0.1, 0.15) is 0 Å². The number of amides is 1. The average molecular weight is 287 g/mol. The predicted octanol–water partition coefficient (Wildman–Crippen LogP) is 2.19. The Morgan fingerprint density at radius 2 is 2.10 bits per heavy atom. The summed E-state index contributed by atoms with van der Waals surface area (Å²) in [5, 5.41) is 7.16. The van der Waals surface area contributed by atoms with Gasteiger partial charge >= 0.3 is 0 Å². The van der Waals surface area contributed by atoms with E-state index < -0.39 is 0 Å². The van der Waals surface area contributed by atoms with E-state index in [2.05, 4.69) is 15.6 Å². The molecule has 0 aliphatic heterocycles. The summed E-state index contributed by atoms with van der Waals surface area (Å²) in [6.07, 6.45) is 3.12. The third kappa shape index (κ3) is 4.81. The number of hydrogen-bond donors (Lipinski definition) is 2. The third-order valence-corrected chi connectivity index (χ3v) is 3.14. The number of hydrogen-bond acceptors (Lipinski definition) is 4. The largest absolute Gasteiger partial charge is 0.385 e. The highest BCUT2D eigenvalue weighted by Gasteiger charge is 2.06. The highest BCUT2D eigenvalue weighted by Crippen LogP contribution is 2.20. The summed E-state index contributed by atoms with van der Waals surface area (Å²) in [6, 6.07) is 9.64. The van der Waals surface area contributed by atoms with Crippen molar-refractivity contribution in [3.05, 3.63) is 36.5 Å². The van der Waals surface area contributed by atoms with E-state index in [1.807, 2.05) is 30.3 Å². The van der Waals surface area contributed by atoms with Gasteiger partial charge in [-0.05, 0) is 25.1 Å². The number of carbonyl (C=O) groups excluding carboxylic acids is 1. The molecule has 5 heteroatoms. The third-order valence-electron chi connectivity index (χ3n) is 3.14. The van der Waals surface area contributed by atoms with E-state index in [1.54, 1.807) is 13.3 Å². The minimum atomic E-state index is -0.00704. The molecule has 21 heavy (non-hydrogen) atoms. The van der Waals surface area contributed by atoms with Crippen LogP contribution in [0.1, 0.15) is 12.8 Å². The lowest BCUT2D eigenvalue weighted by molar-refractivity contribution is -0.116. The second-order valence-corrected chi connectivity index (χ2v) is 4.78. The van der Waals surface area contributed by atoms with Crippen LogP contribution in [-0.2, 0) is 9.53 Å². The Morgan fingerprint density at radius 1 is 1.24 bits per heavy atom. The molecule has 1 aromatic heterocycles. The van der Waals surface area contributed by atoms with Crippen LogP contribution in [0.3, 0.4) is 0 Å². The number of methoxy groups -OCH3 is 1. The molecule has 1 aromatic carbocycles. The smallest absolute Gasteiger partial charge is 0.225 e. The first-order valence-corrected chi connectivity index (χ1v) is 7.14. The summed E-state index contributed by atoms with van der Waals surface area (Å²) in [4.78, 5) is 16.3. The van der Waals surface area contributed by atoms with Crippen molar-refractivity contribution in [3.63, 3.8) is 0 Å². The van der Waals surface area contributed by atoms with E-state index in [9.17, 15) is 4.79 Å². The average Bonchev–Trinajstić information content (AvgIpc) is 2.51. The first-order valence-electron chi connectivity index (χ1n) is 7.14. The van der Waals surface area contributed by atoms with E-state index in [1.165, 1.54) is 0 Å². The molecule has 0 spiro atoms. The fourth-order valence-electron chi connectivity index (χ4n) is 2.09. The fourth-order valence-corrected chi connectivity index (χ4v) is 2.09. The van der Waals surface area contributed by atoms with Gasteiger partial charge in [-0.15, -0.1) is 0 Å². The molecule has 0 bridgehead atoms. The molecule has 0 atom stereocenters. The van der Waals surface area contributed by atoms with Crippen LogP contribution in [0.4, 0.5) is 5.69 Å². The molecule has 112 valence electrons. The highest BCUT2D eigenvalue weighted by atomic mass is 16.5. The number of para-hydroxylation sites is 1. The Balaban J connectivity index is 1.82. The van der Waals surface area contributed by atoms with Crippen LogP contribution in [0.25, 0.3) is 10.9 Å². The molecule has 2 rings (SSSR count). The van der Waals surface area contributed by atoms with E-state index >= 15 is 0 Å². The van der Waals surface area contributed by atoms with E-state index in [-0.39, 0.29) is 5.91 Å². The van der Waals surface area contributed by atoms with Crippen LogP contribution >= 0.6 is 0 Å². The van der Waals surface area contributed by atoms with Crippen LogP contribution in [0.5, 0.6) is 0 Å². The molecule has 1 heterocycles. The first-order chi connectivity index (χ1) is 10.3. The fraction of sp³-hybridized carbons (Fsp3) is 0.375. The maximum Gasteiger partial charge on any atom is 0.225 e. The van der Waals surface area contributed by atoms with Crippen LogP contribution in [-0.4, -0.2) is 37.7 Å². The van der Waals surface area contributed by atoms with Gasteiger partial charge in [-0.2, -0.15) is 0 Å². The van der Waals surface area contributed by atoms with Crippen LogP contribution < -0.4 is 10.6 Å². The van der Waals surface area contributed by atoms with Crippen molar-refractivity contribution in [2.75, 3.05) is 32.1 Å². The molecule has 2 N–H and O–H groups in total. The van der Waals surface area contributed by atoms with Crippen molar-refractivity contribution in [1.29, 1.82) is 0 Å². The number of nitrogens with one attached hydrogen (secondary N) is 2. The SMILES string of the molecule is COCCCNCCC(=O)Nc1cccc2cccnc12. The number of nitrogens with zero attached hydrogens (tertiary/aromatic N) is 1. The lowest BCUT2D eigenvalue weighted by Gasteiger charge is -2.08. The summed E-state index contributed by atoms with van der Waals surface area (Å²) < 4.78 is 4.96. The number of carbonyl (C=O) groups is 1. The number of pyridine rings is 1. The Kier molecular flexibility index (Phi) is 6.12. The van der Waals surface area contributed by atoms with Crippen molar-refractivity contribution < 1.29 is 9.53 Å². The van der Waals surface area contributed by atoms with Gasteiger partial charge in [-0.1, -0.05) is 18.2 Å². The van der Waals surface area contributed by atoms with Crippen LogP contribution in [0.2, 0.25) is 0 Å². The lowest BCUT2D eigenvalue weighted by Crippen LogP contribution is -2.23. The maximum atomic E-state index is 11.9. The number of aromatic nitrogens is 1. The molecule has 0 radical (unpaired) electrons. The molecule has 0 saturated carbocycles. The molecule has 5 nitrogen and oxygen atoms in total. The molecule has 0 unspecified atom stereocenters. The Labute approximate surface area is 124 Å². The van der Waals surface area contributed by atoms with E-state index in [4.69, 9.17) is 4.74 Å². The van der Waals surface area contributed by atoms with Crippen LogP contribution in [0, 0.1) is 0 Å². The molecule has 0 saturated heterocycles. The monoisotopic (exact) mass is 287 g/mol. The summed E-state index contributed by atoms with van der Waals surface area (Å²) in [7, 11) is 1.69. The first kappa shape index (κ1) is 15.4. The van der Waals surface area contributed by atoms with Gasteiger partial charge in [0, 0.05) is 38.3 Å². The van der Waals surface area contributed by atoms with Gasteiger partial charge in [-0.25, -0.2) is 0 Å². The number of rotatable bonds is 8. The van der Waals surface area contributed by atoms with Crippen molar-refractivity contribution in [2.45, 2.75) is 12.8 Å². The second-order valence-electron chi connectivity index (χ2n) is 4.78. The minimum absolute atomic E-state index is 0.00704. The van der Waals surface area contributed by atoms with Gasteiger partial charge in [0.05, 0.1) is 11.2 Å². The normalized spacial score (nSPS) is 10.7. The molecular weight excluding hydrogens is 266 g/mol. The van der Waals surface area contributed by atoms with Crippen LogP contribution in [0.15, 0.2) is 36.5 Å². The number of benzene rings is 1. The van der Waals surface area contributed by atoms with Crippen molar-refractivity contribution in [3.8, 4) is 0 Å². The quantitative estimate of drug-likeness (QED) is 0.731. The number of fused-ring (bicyclic) bond motifs is 1. The highest BCUT2D eigenvalue weighted by molar-refractivity contribution is 6.00. The summed E-state index contributed by atoms with van der Waals surface area (Å²) in [6.45, 7) is 2.26. The van der Waals surface area contributed by atoms with Gasteiger partial charge in [0.2, 0.25) is 5.91 Å². The lowest BCUT2D eigenvalue weighted by atomic mass is 10.2. The van der Waals surface area contributed by atoms with Crippen molar-refractivity contribution in [2.24, 2.45) is 0 Å². The number of anilines is 1. The maximum absolute atomic E-state index is 11.9. The van der Waals surface area contributed by atoms with E-state index in [0.717, 1.165) is 36.2 Å². The van der Waals surface area contributed by atoms with Crippen molar-refractivity contribution in [1.82, 2.24) is 10.3 Å². The molecule has 0 fully saturated rings. The van der Waals surface area contributed by atoms with Crippen molar-refractivity contribution >= 4 is 22.5 Å². The zero-order valence-corrected chi connectivity index (χ0v) is 12.3. The molecule has 1 amide bonds. The molecular formula is C16H21N3O2. The topological polar surface area (TPSA) is 63.2 Å². The van der Waals surface area contributed by atoms with Gasteiger partial charge in [0.25, 0.3) is 0 Å². The Morgan fingerprint density at radius 3 is 2.95 bits per heavy atom. The molecule has 0 aliphatic rings. The standard InChI is InChI=1S/C16H21N3O2/c1-21-12-4-9-17-11-8-15(20)19-14-7-2-5-13-6-3-10-18-16(13)14/h2-3,5-7,10,17H,4,8-9,11-12H2,1H3,(H,19,20). The molecule has 0 aliphatic carbocycles. The van der Waals surface area contributed by atoms with Gasteiger partial charge < -0.3 is 15.4 Å². The summed E-state index contributed by atoms with van der Waals surface area (Å²) in [5.41, 5.74) is 1.58. The minimum Gasteiger partial charge on any atom is -0.385 e. The zero-order chi connectivity index (χ0) is 14.9. The Bertz CT molecular complexity index is 581. The molecule has 2 aromatic rings. The Hall–Kier alpha value is -1.98. The number of ether oxygens (including phenoxy) is 1. The predicted molar refractivity (Wildman–Crippen MR) is 84.4 cm³/mol. The van der Waals surface area contributed by atoms with Gasteiger partial charge in [-0.3, -0.25) is 9.78 Å². The zero-order valence-electron chi connectivity index (χ0n) is 12.3.